The van der Waals surface area contributed by atoms with Crippen LogP contribution in [0.4, 0.5) is 0 Å². The van der Waals surface area contributed by atoms with Crippen LogP contribution in [0.1, 0.15) is 34.6 Å². The van der Waals surface area contributed by atoms with E-state index in [4.69, 9.17) is 49.5 Å². The van der Waals surface area contributed by atoms with Crippen molar-refractivity contribution in [3.05, 3.63) is 0 Å². The summed E-state index contributed by atoms with van der Waals surface area (Å²) < 4.78 is 0. The van der Waals surface area contributed by atoms with E-state index in [-0.39, 0.29) is 0 Å². The Morgan fingerprint density at radius 1 is 0.455 bits per heavy atom. The molecule has 0 amide bonds. The van der Waals surface area contributed by atoms with Gasteiger partial charge >= 0.3 is 0 Å². The van der Waals surface area contributed by atoms with Crippen LogP contribution in [0.3, 0.4) is 0 Å². The minimum absolute atomic E-state index is 0.833. The van der Waals surface area contributed by atoms with Crippen molar-refractivity contribution in [1.29, 1.82) is 0 Å². The Morgan fingerprint density at radius 2 is 0.455 bits per heavy atom. The molecular formula is C12H22O10. The lowest BCUT2D eigenvalue weighted by Gasteiger charge is -1.59. The first-order valence-corrected chi connectivity index (χ1v) is 4.97. The van der Waals surface area contributed by atoms with E-state index in [0.717, 1.165) is 34.6 Å². The molecule has 0 aliphatic rings. The Morgan fingerprint density at radius 3 is 0.455 bits per heavy atom. The molecule has 0 aromatic rings. The summed E-state index contributed by atoms with van der Waals surface area (Å²) in [4.78, 5) is 45.0. The molecule has 0 rings (SSSR count). The molecule has 0 radical (unpaired) electrons. The standard InChI is InChI=1S/5C2H4O2.C2H2/c5*1-2(3)4;1-2/h5*1H3,(H,3,4);1-2H. The molecule has 0 saturated carbocycles. The highest BCUT2D eigenvalue weighted by atomic mass is 16.4. The summed E-state index contributed by atoms with van der Waals surface area (Å²) >= 11 is 0. The van der Waals surface area contributed by atoms with Crippen LogP contribution >= 0.6 is 0 Å². The molecule has 0 fully saturated rings. The van der Waals surface area contributed by atoms with Gasteiger partial charge in [-0.1, -0.05) is 0 Å². The van der Waals surface area contributed by atoms with E-state index >= 15 is 0 Å². The topological polar surface area (TPSA) is 186 Å². The minimum atomic E-state index is -0.833. The summed E-state index contributed by atoms with van der Waals surface area (Å²) in [7, 11) is 0. The smallest absolute Gasteiger partial charge is 0.300 e. The molecule has 0 unspecified atom stereocenters. The summed E-state index contributed by atoms with van der Waals surface area (Å²) in [6.07, 6.45) is 8.00. The van der Waals surface area contributed by atoms with E-state index in [1.807, 2.05) is 0 Å². The van der Waals surface area contributed by atoms with Gasteiger partial charge in [0.15, 0.2) is 0 Å². The van der Waals surface area contributed by atoms with Gasteiger partial charge in [-0.25, -0.2) is 0 Å². The van der Waals surface area contributed by atoms with E-state index in [9.17, 15) is 0 Å². The predicted molar refractivity (Wildman–Crippen MR) is 76.4 cm³/mol. The van der Waals surface area contributed by atoms with Crippen LogP contribution in [0.2, 0.25) is 0 Å². The van der Waals surface area contributed by atoms with Crippen LogP contribution in [0, 0.1) is 12.8 Å². The summed E-state index contributed by atoms with van der Waals surface area (Å²) in [5.74, 6) is -4.17. The predicted octanol–water partition coefficient (Wildman–Crippen LogP) is 0.704. The number of carbonyl (C=O) groups is 5. The quantitative estimate of drug-likeness (QED) is 0.396. The Kier molecular flexibility index (Phi) is 59.7. The molecule has 5 N–H and O–H groups in total. The zero-order valence-corrected chi connectivity index (χ0v) is 12.9. The zero-order valence-electron chi connectivity index (χ0n) is 12.9. The van der Waals surface area contributed by atoms with Gasteiger partial charge in [0.2, 0.25) is 0 Å². The maximum atomic E-state index is 9.00. The molecule has 0 heterocycles. The molecule has 22 heavy (non-hydrogen) atoms. The van der Waals surface area contributed by atoms with E-state index < -0.39 is 29.8 Å². The van der Waals surface area contributed by atoms with Gasteiger partial charge < -0.3 is 25.5 Å². The molecule has 130 valence electrons. The lowest BCUT2D eigenvalue weighted by Crippen LogP contribution is -1.78. The first kappa shape index (κ1) is 36.4. The van der Waals surface area contributed by atoms with E-state index in [1.54, 1.807) is 0 Å². The van der Waals surface area contributed by atoms with Crippen LogP contribution < -0.4 is 0 Å². The third-order valence-electron chi connectivity index (χ3n) is 0. The maximum Gasteiger partial charge on any atom is 0.300 e. The maximum absolute atomic E-state index is 9.00. The summed E-state index contributed by atoms with van der Waals surface area (Å²) in [5, 5.41) is 37.1. The van der Waals surface area contributed by atoms with Crippen LogP contribution in [0.5, 0.6) is 0 Å². The number of carboxylic acid groups (broad SMARTS) is 5. The molecule has 10 heteroatoms. The van der Waals surface area contributed by atoms with Crippen LogP contribution in [0.25, 0.3) is 0 Å². The van der Waals surface area contributed by atoms with Gasteiger partial charge in [-0.3, -0.25) is 24.0 Å². The van der Waals surface area contributed by atoms with Gasteiger partial charge in [0.25, 0.3) is 29.8 Å². The van der Waals surface area contributed by atoms with E-state index in [0.29, 0.717) is 0 Å². The number of hydrogen-bond acceptors (Lipinski definition) is 5. The average Bonchev–Trinajstić information content (AvgIpc) is 2.14. The third-order valence-corrected chi connectivity index (χ3v) is 0. The largest absolute Gasteiger partial charge is 0.481 e. The van der Waals surface area contributed by atoms with Crippen molar-refractivity contribution in [3.63, 3.8) is 0 Å². The molecule has 10 nitrogen and oxygen atoms in total. The van der Waals surface area contributed by atoms with Crippen molar-refractivity contribution < 1.29 is 49.5 Å². The van der Waals surface area contributed by atoms with Crippen LogP contribution in [0.15, 0.2) is 0 Å². The molecule has 0 aromatic carbocycles. The lowest BCUT2D eigenvalue weighted by atomic mass is 10.9. The van der Waals surface area contributed by atoms with Crippen molar-refractivity contribution in [2.24, 2.45) is 0 Å². The normalized spacial score (nSPS) is 5.77. The van der Waals surface area contributed by atoms with Gasteiger partial charge in [0.1, 0.15) is 0 Å². The van der Waals surface area contributed by atoms with Crippen molar-refractivity contribution >= 4 is 29.8 Å². The second-order valence-electron chi connectivity index (χ2n) is 2.60. The minimum Gasteiger partial charge on any atom is -0.481 e. The highest BCUT2D eigenvalue weighted by molar-refractivity contribution is 5.63. The number of aliphatic carboxylic acids is 5. The molecule has 0 aromatic heterocycles. The highest BCUT2D eigenvalue weighted by Crippen LogP contribution is 1.43. The Labute approximate surface area is 128 Å². The summed E-state index contributed by atoms with van der Waals surface area (Å²) in [6, 6.07) is 0. The lowest BCUT2D eigenvalue weighted by molar-refractivity contribution is -0.135. The van der Waals surface area contributed by atoms with Gasteiger partial charge in [-0.15, -0.1) is 12.8 Å². The average molecular weight is 326 g/mol. The second-order valence-corrected chi connectivity index (χ2v) is 2.60. The Balaban J connectivity index is -0.0000000353. The monoisotopic (exact) mass is 326 g/mol. The van der Waals surface area contributed by atoms with Gasteiger partial charge in [0.05, 0.1) is 0 Å². The summed E-state index contributed by atoms with van der Waals surface area (Å²) in [6.45, 7) is 5.42. The fourth-order valence-corrected chi connectivity index (χ4v) is 0. The van der Waals surface area contributed by atoms with Crippen LogP contribution in [-0.4, -0.2) is 55.4 Å². The molecule has 0 aliphatic carbocycles. The molecule has 0 atom stereocenters. The molecule has 0 bridgehead atoms. The fraction of sp³-hybridized carbons (Fsp3) is 0.417. The number of terminal acetylenes is 1. The summed E-state index contributed by atoms with van der Waals surface area (Å²) in [5.41, 5.74) is 0. The zero-order chi connectivity index (χ0) is 19.9. The number of carboxylic acids is 5. The van der Waals surface area contributed by atoms with Crippen LogP contribution in [-0.2, 0) is 24.0 Å². The van der Waals surface area contributed by atoms with E-state index in [1.165, 1.54) is 0 Å². The second kappa shape index (κ2) is 36.1. The van der Waals surface area contributed by atoms with Crippen molar-refractivity contribution in [2.45, 2.75) is 34.6 Å². The highest BCUT2D eigenvalue weighted by Gasteiger charge is 1.66. The molecular weight excluding hydrogens is 304 g/mol. The fourth-order valence-electron chi connectivity index (χ4n) is 0. The first-order valence-electron chi connectivity index (χ1n) is 4.97. The Bertz CT molecular complexity index is 240. The van der Waals surface area contributed by atoms with Gasteiger partial charge in [-0.2, -0.15) is 0 Å². The molecule has 0 aliphatic heterocycles. The molecule has 0 saturated heterocycles. The van der Waals surface area contributed by atoms with E-state index in [2.05, 4.69) is 12.8 Å². The van der Waals surface area contributed by atoms with Gasteiger partial charge in [0, 0.05) is 34.6 Å². The van der Waals surface area contributed by atoms with Crippen molar-refractivity contribution in [1.82, 2.24) is 0 Å². The van der Waals surface area contributed by atoms with Crippen molar-refractivity contribution in [2.75, 3.05) is 0 Å². The third kappa shape index (κ3) is 448. The van der Waals surface area contributed by atoms with Gasteiger partial charge in [-0.05, 0) is 0 Å². The molecule has 0 spiro atoms. The number of rotatable bonds is 0. The number of hydrogen-bond donors (Lipinski definition) is 5. The van der Waals surface area contributed by atoms with Crippen molar-refractivity contribution in [3.8, 4) is 12.8 Å². The Hall–Kier alpha value is -3.09. The first-order chi connectivity index (χ1) is 9.66. The SMILES string of the molecule is C#C.CC(=O)O.CC(=O)O.CC(=O)O.CC(=O)O.CC(=O)O.